The van der Waals surface area contributed by atoms with Gasteiger partial charge in [-0.25, -0.2) is 0 Å². The molecule has 0 spiro atoms. The molecule has 3 aromatic carbocycles. The Hall–Kier alpha value is -3.64. The molecule has 0 aliphatic carbocycles. The van der Waals surface area contributed by atoms with Crippen LogP contribution in [0.3, 0.4) is 0 Å². The second-order valence-electron chi connectivity index (χ2n) is 10.8. The Kier molecular flexibility index (Phi) is 12.2. The number of aliphatic hydroxyl groups excluding tert-OH is 1. The minimum absolute atomic E-state index is 0.0314. The number of hydrogen-bond donors (Lipinski definition) is 2. The number of unbranched alkanes of at least 4 members (excludes halogenated alkanes) is 3. The highest BCUT2D eigenvalue weighted by Crippen LogP contribution is 2.42. The summed E-state index contributed by atoms with van der Waals surface area (Å²) in [5.41, 5.74) is 1.55. The number of carbonyl (C=O) groups excluding carboxylic acids is 1. The van der Waals surface area contributed by atoms with Crippen LogP contribution in [0.4, 0.5) is 13.2 Å². The number of ether oxygens (including phenoxy) is 5. The van der Waals surface area contributed by atoms with Crippen LogP contribution in [0, 0.1) is 0 Å². The molecule has 1 aliphatic rings. The van der Waals surface area contributed by atoms with Gasteiger partial charge in [0, 0.05) is 19.6 Å². The number of benzene rings is 3. The molecule has 0 saturated carbocycles. The van der Waals surface area contributed by atoms with Crippen molar-refractivity contribution in [1.82, 2.24) is 5.32 Å². The smallest absolute Gasteiger partial charge is 0.471 e. The van der Waals surface area contributed by atoms with Crippen LogP contribution in [-0.4, -0.2) is 69.7 Å². The largest absolute Gasteiger partial charge is 0.497 e. The highest BCUT2D eigenvalue weighted by molar-refractivity contribution is 5.81. The summed E-state index contributed by atoms with van der Waals surface area (Å²) in [5.74, 6) is -0.508. The molecule has 1 saturated heterocycles. The number of amides is 1. The van der Waals surface area contributed by atoms with Gasteiger partial charge in [-0.1, -0.05) is 67.4 Å². The lowest BCUT2D eigenvalue weighted by Crippen LogP contribution is -2.38. The summed E-state index contributed by atoms with van der Waals surface area (Å²) in [4.78, 5) is 10.9. The van der Waals surface area contributed by atoms with E-state index < -0.39 is 36.2 Å². The lowest BCUT2D eigenvalue weighted by Gasteiger charge is -2.37. The number of hydrogen-bond acceptors (Lipinski definition) is 7. The third-order valence-electron chi connectivity index (χ3n) is 7.75. The lowest BCUT2D eigenvalue weighted by molar-refractivity contribution is -0.173. The molecule has 8 nitrogen and oxygen atoms in total. The zero-order chi connectivity index (χ0) is 32.3. The monoisotopic (exact) mass is 631 g/mol. The number of rotatable bonds is 16. The van der Waals surface area contributed by atoms with E-state index in [1.54, 1.807) is 14.2 Å². The topological polar surface area (TPSA) is 95.5 Å². The highest BCUT2D eigenvalue weighted by atomic mass is 19.4. The maximum Gasteiger partial charge on any atom is 0.471 e. The minimum atomic E-state index is -4.86. The van der Waals surface area contributed by atoms with Gasteiger partial charge >= 0.3 is 12.1 Å². The van der Waals surface area contributed by atoms with Crippen molar-refractivity contribution >= 4 is 5.91 Å². The van der Waals surface area contributed by atoms with E-state index in [0.29, 0.717) is 43.8 Å². The van der Waals surface area contributed by atoms with Crippen LogP contribution in [0.5, 0.6) is 11.5 Å². The summed E-state index contributed by atoms with van der Waals surface area (Å²) in [6.45, 7) is 0.402. The average Bonchev–Trinajstić information content (AvgIpc) is 3.41. The second kappa shape index (κ2) is 16.1. The third kappa shape index (κ3) is 8.97. The molecule has 2 N–H and O–H groups in total. The van der Waals surface area contributed by atoms with Crippen molar-refractivity contribution in [2.75, 3.05) is 34.0 Å². The fourth-order valence-electron chi connectivity index (χ4n) is 5.33. The zero-order valence-electron chi connectivity index (χ0n) is 25.4. The molecular formula is C34H40F3NO7. The first-order chi connectivity index (χ1) is 21.7. The molecular weight excluding hydrogens is 591 g/mol. The fraction of sp³-hybridized carbons (Fsp3) is 0.441. The van der Waals surface area contributed by atoms with E-state index >= 15 is 0 Å². The predicted octanol–water partition coefficient (Wildman–Crippen LogP) is 5.74. The Bertz CT molecular complexity index is 1270. The van der Waals surface area contributed by atoms with E-state index in [0.717, 1.165) is 16.7 Å². The quantitative estimate of drug-likeness (QED) is 0.154. The Balaban J connectivity index is 1.39. The zero-order valence-corrected chi connectivity index (χ0v) is 25.4. The Morgan fingerprint density at radius 2 is 1.40 bits per heavy atom. The molecule has 0 unspecified atom stereocenters. The normalized spacial score (nSPS) is 18.5. The Labute approximate surface area is 261 Å². The number of carbonyl (C=O) groups is 1. The first-order valence-electron chi connectivity index (χ1n) is 15.0. The molecule has 0 radical (unpaired) electrons. The van der Waals surface area contributed by atoms with E-state index in [2.05, 4.69) is 0 Å². The predicted molar refractivity (Wildman–Crippen MR) is 161 cm³/mol. The van der Waals surface area contributed by atoms with Gasteiger partial charge in [0.2, 0.25) is 0 Å². The van der Waals surface area contributed by atoms with Gasteiger partial charge < -0.3 is 34.1 Å². The summed E-state index contributed by atoms with van der Waals surface area (Å²) in [7, 11) is 3.22. The summed E-state index contributed by atoms with van der Waals surface area (Å²) in [6.07, 6.45) is -4.20. The van der Waals surface area contributed by atoms with Crippen molar-refractivity contribution in [2.45, 2.75) is 62.4 Å². The highest BCUT2D eigenvalue weighted by Gasteiger charge is 2.42. The minimum Gasteiger partial charge on any atom is -0.497 e. The molecule has 4 rings (SSSR count). The van der Waals surface area contributed by atoms with Crippen LogP contribution in [0.15, 0.2) is 78.9 Å². The fourth-order valence-corrected chi connectivity index (χ4v) is 5.33. The standard InChI is InChI=1S/C34H40F3NO7/c1-41-27-16-12-25(13-17-27)33(24-10-6-5-7-11-24,26-14-18-28(42-2)19-15-26)44-23-30-29(39)22-31(45-30)43-21-9-4-3-8-20-38-32(40)34(35,36)37/h5-7,10-19,29-31,39H,3-4,8-9,20-23H2,1-2H3,(H,38,40)/t29-,30+,31-/m0/s1. The van der Waals surface area contributed by atoms with Crippen LogP contribution in [-0.2, 0) is 24.6 Å². The molecule has 1 amide bonds. The molecule has 3 atom stereocenters. The molecule has 244 valence electrons. The molecule has 3 aromatic rings. The van der Waals surface area contributed by atoms with Crippen molar-refractivity contribution in [1.29, 1.82) is 0 Å². The lowest BCUT2D eigenvalue weighted by atomic mass is 9.80. The van der Waals surface area contributed by atoms with Gasteiger partial charge in [-0.15, -0.1) is 0 Å². The number of aliphatic hydroxyl groups is 1. The first-order valence-corrected chi connectivity index (χ1v) is 15.0. The van der Waals surface area contributed by atoms with Crippen LogP contribution >= 0.6 is 0 Å². The van der Waals surface area contributed by atoms with E-state index in [-0.39, 0.29) is 19.6 Å². The van der Waals surface area contributed by atoms with Gasteiger partial charge in [-0.3, -0.25) is 4.79 Å². The third-order valence-corrected chi connectivity index (χ3v) is 7.75. The second-order valence-corrected chi connectivity index (χ2v) is 10.8. The van der Waals surface area contributed by atoms with Crippen molar-refractivity contribution in [3.63, 3.8) is 0 Å². The molecule has 45 heavy (non-hydrogen) atoms. The number of nitrogens with one attached hydrogen (secondary N) is 1. The van der Waals surface area contributed by atoms with Gasteiger partial charge in [-0.05, 0) is 53.8 Å². The van der Waals surface area contributed by atoms with Crippen molar-refractivity contribution in [2.24, 2.45) is 0 Å². The van der Waals surface area contributed by atoms with Gasteiger partial charge in [0.05, 0.1) is 26.9 Å². The maximum absolute atomic E-state index is 12.2. The summed E-state index contributed by atoms with van der Waals surface area (Å²) >= 11 is 0. The molecule has 0 aromatic heterocycles. The Morgan fingerprint density at radius 1 is 0.844 bits per heavy atom. The Morgan fingerprint density at radius 3 is 1.96 bits per heavy atom. The van der Waals surface area contributed by atoms with Crippen molar-refractivity contribution < 1.29 is 46.8 Å². The van der Waals surface area contributed by atoms with Crippen LogP contribution in [0.1, 0.15) is 48.8 Å². The molecule has 1 aliphatic heterocycles. The summed E-state index contributed by atoms with van der Waals surface area (Å²) in [6, 6.07) is 25.2. The van der Waals surface area contributed by atoms with Crippen LogP contribution in [0.2, 0.25) is 0 Å². The molecule has 1 heterocycles. The van der Waals surface area contributed by atoms with E-state index in [1.807, 2.05) is 84.2 Å². The molecule has 1 fully saturated rings. The number of alkyl halides is 3. The van der Waals surface area contributed by atoms with E-state index in [9.17, 15) is 23.1 Å². The number of halogens is 3. The van der Waals surface area contributed by atoms with Gasteiger partial charge in [0.25, 0.3) is 0 Å². The van der Waals surface area contributed by atoms with Crippen LogP contribution in [0.25, 0.3) is 0 Å². The SMILES string of the molecule is COc1ccc(C(OC[C@H]2O[C@H](OCCCCCCNC(=O)C(F)(F)F)C[C@@H]2O)(c2ccccc2)c2ccc(OC)cc2)cc1. The summed E-state index contributed by atoms with van der Waals surface area (Å²) < 4.78 is 66.3. The average molecular weight is 632 g/mol. The van der Waals surface area contributed by atoms with E-state index in [4.69, 9.17) is 23.7 Å². The van der Waals surface area contributed by atoms with Gasteiger partial charge in [0.1, 0.15) is 23.2 Å². The maximum atomic E-state index is 12.2. The molecule has 0 bridgehead atoms. The van der Waals surface area contributed by atoms with Gasteiger partial charge in [0.15, 0.2) is 6.29 Å². The van der Waals surface area contributed by atoms with E-state index in [1.165, 1.54) is 0 Å². The molecule has 11 heteroatoms. The van der Waals surface area contributed by atoms with Crippen molar-refractivity contribution in [3.05, 3.63) is 95.6 Å². The number of methoxy groups -OCH3 is 2. The van der Waals surface area contributed by atoms with Crippen LogP contribution < -0.4 is 14.8 Å². The summed E-state index contributed by atoms with van der Waals surface area (Å²) in [5, 5.41) is 12.7. The first kappa shape index (κ1) is 34.2. The van der Waals surface area contributed by atoms with Crippen molar-refractivity contribution in [3.8, 4) is 11.5 Å². The van der Waals surface area contributed by atoms with Gasteiger partial charge in [-0.2, -0.15) is 13.2 Å².